The van der Waals surface area contributed by atoms with E-state index in [0.29, 0.717) is 17.4 Å². The number of ether oxygens (including phenoxy) is 2. The van der Waals surface area contributed by atoms with Gasteiger partial charge in [-0.3, -0.25) is 9.59 Å². The van der Waals surface area contributed by atoms with Gasteiger partial charge in [0.2, 0.25) is 5.78 Å². The van der Waals surface area contributed by atoms with Gasteiger partial charge >= 0.3 is 5.97 Å². The molecule has 1 heterocycles. The number of allylic oxidation sites excluding steroid dienone is 2. The largest absolute Gasteiger partial charge is 0.490 e. The number of halogens is 1. The zero-order chi connectivity index (χ0) is 15.7. The van der Waals surface area contributed by atoms with E-state index < -0.39 is 11.9 Å². The molecule has 2 aliphatic rings. The molecule has 0 amide bonds. The summed E-state index contributed by atoms with van der Waals surface area (Å²) in [6, 6.07) is 7.26. The van der Waals surface area contributed by atoms with Crippen molar-refractivity contribution < 1.29 is 19.1 Å². The molecule has 4 nitrogen and oxygen atoms in total. The molecule has 0 saturated heterocycles. The first-order valence-corrected chi connectivity index (χ1v) is 7.83. The standard InChI is InChI=1S/C17H17ClO4/c1-2-21-17(20)14-13(10-5-7-11(18)8-6-10)12-4-3-9-22-16(12)15(14)19/h5-8,13-14H,2-4,9H2,1H3. The molecule has 0 saturated carbocycles. The Bertz CT molecular complexity index is 633. The highest BCUT2D eigenvalue weighted by atomic mass is 35.5. The van der Waals surface area contributed by atoms with Crippen molar-refractivity contribution in [1.82, 2.24) is 0 Å². The molecule has 0 bridgehead atoms. The number of hydrogen-bond donors (Lipinski definition) is 0. The van der Waals surface area contributed by atoms with Crippen LogP contribution < -0.4 is 0 Å². The van der Waals surface area contributed by atoms with E-state index in [4.69, 9.17) is 21.1 Å². The molecule has 1 aromatic carbocycles. The van der Waals surface area contributed by atoms with Crippen LogP contribution >= 0.6 is 11.6 Å². The monoisotopic (exact) mass is 320 g/mol. The SMILES string of the molecule is CCOC(=O)C1C(=O)C2=C(CCCO2)C1c1ccc(Cl)cc1. The second kappa shape index (κ2) is 6.13. The van der Waals surface area contributed by atoms with Gasteiger partial charge in [-0.05, 0) is 43.0 Å². The maximum Gasteiger partial charge on any atom is 0.317 e. The van der Waals surface area contributed by atoms with E-state index in [1.165, 1.54) is 0 Å². The van der Waals surface area contributed by atoms with Crippen molar-refractivity contribution in [3.8, 4) is 0 Å². The number of Topliss-reactive ketones (excluding diaryl/α,β-unsaturated/α-hetero) is 1. The van der Waals surface area contributed by atoms with E-state index >= 15 is 0 Å². The number of esters is 1. The average molecular weight is 321 g/mol. The van der Waals surface area contributed by atoms with Crippen LogP contribution in [0.15, 0.2) is 35.6 Å². The van der Waals surface area contributed by atoms with Crippen molar-refractivity contribution in [3.05, 3.63) is 46.2 Å². The van der Waals surface area contributed by atoms with Crippen LogP contribution in [0.1, 0.15) is 31.2 Å². The molecular formula is C17H17ClO4. The minimum absolute atomic E-state index is 0.251. The third-order valence-corrected chi connectivity index (χ3v) is 4.37. The smallest absolute Gasteiger partial charge is 0.317 e. The van der Waals surface area contributed by atoms with Crippen LogP contribution in [0.2, 0.25) is 5.02 Å². The van der Waals surface area contributed by atoms with Gasteiger partial charge < -0.3 is 9.47 Å². The minimum atomic E-state index is -0.843. The quantitative estimate of drug-likeness (QED) is 0.633. The molecule has 0 radical (unpaired) electrons. The van der Waals surface area contributed by atoms with Crippen molar-refractivity contribution in [3.63, 3.8) is 0 Å². The van der Waals surface area contributed by atoms with E-state index in [1.807, 2.05) is 12.1 Å². The lowest BCUT2D eigenvalue weighted by Gasteiger charge is -2.21. The van der Waals surface area contributed by atoms with Crippen LogP contribution in [-0.4, -0.2) is 25.0 Å². The molecule has 116 valence electrons. The molecule has 5 heteroatoms. The number of ketones is 1. The van der Waals surface area contributed by atoms with Gasteiger partial charge in [-0.15, -0.1) is 0 Å². The third-order valence-electron chi connectivity index (χ3n) is 4.11. The Kier molecular flexibility index (Phi) is 4.21. The van der Waals surface area contributed by atoms with Crippen molar-refractivity contribution in [2.75, 3.05) is 13.2 Å². The van der Waals surface area contributed by atoms with Crippen LogP contribution in [0.4, 0.5) is 0 Å². The van der Waals surface area contributed by atoms with Gasteiger partial charge in [0, 0.05) is 10.9 Å². The van der Waals surface area contributed by atoms with Crippen molar-refractivity contribution in [2.45, 2.75) is 25.7 Å². The van der Waals surface area contributed by atoms with E-state index in [2.05, 4.69) is 0 Å². The van der Waals surface area contributed by atoms with Gasteiger partial charge in [-0.25, -0.2) is 0 Å². The molecule has 2 atom stereocenters. The molecule has 2 unspecified atom stereocenters. The van der Waals surface area contributed by atoms with Gasteiger partial charge in [0.25, 0.3) is 0 Å². The topological polar surface area (TPSA) is 52.6 Å². The number of carbonyl (C=O) groups is 2. The Balaban J connectivity index is 2.03. The number of carbonyl (C=O) groups excluding carboxylic acids is 2. The summed E-state index contributed by atoms with van der Waals surface area (Å²) in [6.07, 6.45) is 1.62. The van der Waals surface area contributed by atoms with E-state index in [0.717, 1.165) is 24.0 Å². The normalized spacial score (nSPS) is 24.0. The summed E-state index contributed by atoms with van der Waals surface area (Å²) in [6.45, 7) is 2.51. The Morgan fingerprint density at radius 3 is 2.77 bits per heavy atom. The highest BCUT2D eigenvalue weighted by molar-refractivity contribution is 6.30. The van der Waals surface area contributed by atoms with E-state index in [1.54, 1.807) is 19.1 Å². The predicted octanol–water partition coefficient (Wildman–Crippen LogP) is 3.25. The lowest BCUT2D eigenvalue weighted by Crippen LogP contribution is -2.28. The van der Waals surface area contributed by atoms with Gasteiger partial charge in [-0.2, -0.15) is 0 Å². The van der Waals surface area contributed by atoms with Gasteiger partial charge in [0.05, 0.1) is 13.2 Å². The average Bonchev–Trinajstić information content (AvgIpc) is 2.82. The summed E-state index contributed by atoms with van der Waals surface area (Å²) in [5.74, 6) is -1.52. The Hall–Kier alpha value is -1.81. The fourth-order valence-electron chi connectivity index (χ4n) is 3.20. The summed E-state index contributed by atoms with van der Waals surface area (Å²) >= 11 is 5.94. The Morgan fingerprint density at radius 2 is 2.09 bits per heavy atom. The predicted molar refractivity (Wildman–Crippen MR) is 81.5 cm³/mol. The van der Waals surface area contributed by atoms with Gasteiger partial charge in [0.15, 0.2) is 5.76 Å². The molecule has 0 spiro atoms. The second-order valence-electron chi connectivity index (χ2n) is 5.43. The number of hydrogen-bond acceptors (Lipinski definition) is 4. The second-order valence-corrected chi connectivity index (χ2v) is 5.87. The lowest BCUT2D eigenvalue weighted by molar-refractivity contribution is -0.151. The zero-order valence-electron chi connectivity index (χ0n) is 12.3. The number of benzene rings is 1. The van der Waals surface area contributed by atoms with E-state index in [-0.39, 0.29) is 18.3 Å². The third kappa shape index (κ3) is 2.52. The minimum Gasteiger partial charge on any atom is -0.490 e. The van der Waals surface area contributed by atoms with Crippen molar-refractivity contribution in [1.29, 1.82) is 0 Å². The van der Waals surface area contributed by atoms with Gasteiger partial charge in [0.1, 0.15) is 5.92 Å². The molecule has 0 N–H and O–H groups in total. The maximum absolute atomic E-state index is 12.6. The Labute approximate surface area is 134 Å². The summed E-state index contributed by atoms with van der Waals surface area (Å²) in [7, 11) is 0. The molecule has 1 aromatic rings. The lowest BCUT2D eigenvalue weighted by atomic mass is 9.83. The maximum atomic E-state index is 12.6. The van der Waals surface area contributed by atoms with Crippen LogP contribution in [0.25, 0.3) is 0 Å². The summed E-state index contributed by atoms with van der Waals surface area (Å²) in [5, 5.41) is 0.620. The first-order valence-electron chi connectivity index (χ1n) is 7.45. The summed E-state index contributed by atoms with van der Waals surface area (Å²) in [4.78, 5) is 24.9. The molecular weight excluding hydrogens is 304 g/mol. The zero-order valence-corrected chi connectivity index (χ0v) is 13.1. The molecule has 1 aliphatic carbocycles. The first kappa shape index (κ1) is 15.1. The van der Waals surface area contributed by atoms with Crippen molar-refractivity contribution >= 4 is 23.4 Å². The molecule has 0 aromatic heterocycles. The molecule has 3 rings (SSSR count). The van der Waals surface area contributed by atoms with Crippen LogP contribution in [0, 0.1) is 5.92 Å². The van der Waals surface area contributed by atoms with Gasteiger partial charge in [-0.1, -0.05) is 23.7 Å². The van der Waals surface area contributed by atoms with Crippen LogP contribution in [0.5, 0.6) is 0 Å². The van der Waals surface area contributed by atoms with E-state index in [9.17, 15) is 9.59 Å². The fraction of sp³-hybridized carbons (Fsp3) is 0.412. The first-order chi connectivity index (χ1) is 10.6. The summed E-state index contributed by atoms with van der Waals surface area (Å²) in [5.41, 5.74) is 1.81. The van der Waals surface area contributed by atoms with Crippen LogP contribution in [0.3, 0.4) is 0 Å². The van der Waals surface area contributed by atoms with Crippen LogP contribution in [-0.2, 0) is 19.1 Å². The molecule has 1 aliphatic heterocycles. The molecule has 0 fully saturated rings. The summed E-state index contributed by atoms with van der Waals surface area (Å²) < 4.78 is 10.7. The number of rotatable bonds is 3. The fourth-order valence-corrected chi connectivity index (χ4v) is 3.33. The molecule has 22 heavy (non-hydrogen) atoms. The highest BCUT2D eigenvalue weighted by Crippen LogP contribution is 2.46. The highest BCUT2D eigenvalue weighted by Gasteiger charge is 2.49. The Morgan fingerprint density at radius 1 is 1.36 bits per heavy atom. The van der Waals surface area contributed by atoms with Crippen molar-refractivity contribution in [2.24, 2.45) is 5.92 Å².